The number of hydrogen-bond acceptors (Lipinski definition) is 4. The van der Waals surface area contributed by atoms with E-state index in [9.17, 15) is 14.9 Å². The van der Waals surface area contributed by atoms with Crippen LogP contribution in [0.2, 0.25) is 0 Å². The van der Waals surface area contributed by atoms with Crippen molar-refractivity contribution in [1.29, 1.82) is 0 Å². The highest BCUT2D eigenvalue weighted by Crippen LogP contribution is 2.26. The molecule has 0 saturated carbocycles. The van der Waals surface area contributed by atoms with Crippen LogP contribution in [0.15, 0.2) is 78.9 Å². The zero-order chi connectivity index (χ0) is 20.1. The number of nitro benzene ring substituents is 1. The Balaban J connectivity index is 1.78. The van der Waals surface area contributed by atoms with E-state index in [1.54, 1.807) is 48.3 Å². The highest BCUT2D eigenvalue weighted by molar-refractivity contribution is 5.94. The van der Waals surface area contributed by atoms with Crippen LogP contribution in [0, 0.1) is 10.1 Å². The van der Waals surface area contributed by atoms with Crippen LogP contribution in [0.4, 0.5) is 5.69 Å². The average molecular weight is 376 g/mol. The molecule has 3 rings (SSSR count). The van der Waals surface area contributed by atoms with Crippen molar-refractivity contribution in [1.82, 2.24) is 4.90 Å². The molecule has 0 aliphatic heterocycles. The third kappa shape index (κ3) is 4.35. The quantitative estimate of drug-likeness (QED) is 0.437. The van der Waals surface area contributed by atoms with E-state index in [1.165, 1.54) is 12.1 Å². The summed E-state index contributed by atoms with van der Waals surface area (Å²) in [5.74, 6) is 1.05. The summed E-state index contributed by atoms with van der Waals surface area (Å²) < 4.78 is 5.79. The summed E-state index contributed by atoms with van der Waals surface area (Å²) in [6.45, 7) is 1.83. The summed E-state index contributed by atoms with van der Waals surface area (Å²) in [6, 6.07) is 22.3. The van der Waals surface area contributed by atoms with Crippen molar-refractivity contribution in [3.63, 3.8) is 0 Å². The molecule has 6 heteroatoms. The number of ether oxygens (including phenoxy) is 1. The molecule has 3 aromatic carbocycles. The number of carbonyl (C=O) groups excluding carboxylic acids is 1. The molecular weight excluding hydrogens is 356 g/mol. The Morgan fingerprint density at radius 3 is 2.36 bits per heavy atom. The monoisotopic (exact) mass is 376 g/mol. The van der Waals surface area contributed by atoms with Gasteiger partial charge in [0.2, 0.25) is 0 Å². The van der Waals surface area contributed by atoms with Gasteiger partial charge in [-0.1, -0.05) is 36.4 Å². The lowest BCUT2D eigenvalue weighted by Crippen LogP contribution is -2.29. The van der Waals surface area contributed by atoms with E-state index in [2.05, 4.69) is 0 Å². The van der Waals surface area contributed by atoms with E-state index < -0.39 is 4.92 Å². The van der Waals surface area contributed by atoms with Crippen LogP contribution in [0.3, 0.4) is 0 Å². The van der Waals surface area contributed by atoms with Gasteiger partial charge in [0.15, 0.2) is 0 Å². The fourth-order valence-corrected chi connectivity index (χ4v) is 2.82. The van der Waals surface area contributed by atoms with Gasteiger partial charge in [0.05, 0.1) is 11.0 Å². The Morgan fingerprint density at radius 1 is 0.964 bits per heavy atom. The molecule has 1 amide bonds. The molecule has 142 valence electrons. The molecule has 3 aromatic rings. The summed E-state index contributed by atoms with van der Waals surface area (Å²) in [4.78, 5) is 25.0. The van der Waals surface area contributed by atoms with E-state index in [0.29, 0.717) is 22.6 Å². The normalized spacial score (nSPS) is 11.5. The minimum atomic E-state index is -0.442. The molecule has 0 fully saturated rings. The number of hydrogen-bond donors (Lipinski definition) is 0. The minimum absolute atomic E-state index is 0.00320. The molecule has 0 aliphatic carbocycles. The number of non-ortho nitro benzene ring substituents is 1. The van der Waals surface area contributed by atoms with Crippen LogP contribution in [0.5, 0.6) is 11.5 Å². The smallest absolute Gasteiger partial charge is 0.269 e. The second-order valence-corrected chi connectivity index (χ2v) is 6.39. The van der Waals surface area contributed by atoms with Gasteiger partial charge in [-0.15, -0.1) is 0 Å². The standard InChI is InChI=1S/C22H20N2O4/c1-16(17-8-6-10-19(14-17)24(26)27)23(2)22(25)18-9-7-13-21(15-18)28-20-11-4-3-5-12-20/h3-16H,1-2H3/t16-/m1/s1. The fraction of sp³-hybridized carbons (Fsp3) is 0.136. The van der Waals surface area contributed by atoms with E-state index in [-0.39, 0.29) is 17.6 Å². The first-order valence-corrected chi connectivity index (χ1v) is 8.80. The number of rotatable bonds is 6. The predicted molar refractivity (Wildman–Crippen MR) is 107 cm³/mol. The summed E-state index contributed by atoms with van der Waals surface area (Å²) in [5.41, 5.74) is 1.18. The first kappa shape index (κ1) is 19.1. The number of nitro groups is 1. The van der Waals surface area contributed by atoms with Gasteiger partial charge in [-0.25, -0.2) is 0 Å². The van der Waals surface area contributed by atoms with Crippen molar-refractivity contribution in [2.24, 2.45) is 0 Å². The molecule has 28 heavy (non-hydrogen) atoms. The van der Waals surface area contributed by atoms with Gasteiger partial charge < -0.3 is 9.64 Å². The number of para-hydroxylation sites is 1. The van der Waals surface area contributed by atoms with Gasteiger partial charge in [0, 0.05) is 24.7 Å². The van der Waals surface area contributed by atoms with Crippen molar-refractivity contribution in [3.8, 4) is 11.5 Å². The van der Waals surface area contributed by atoms with Gasteiger partial charge in [-0.2, -0.15) is 0 Å². The first-order chi connectivity index (χ1) is 13.5. The van der Waals surface area contributed by atoms with Crippen LogP contribution < -0.4 is 4.74 Å². The van der Waals surface area contributed by atoms with Crippen molar-refractivity contribution in [3.05, 3.63) is 100 Å². The highest BCUT2D eigenvalue weighted by atomic mass is 16.6. The molecule has 0 unspecified atom stereocenters. The lowest BCUT2D eigenvalue weighted by Gasteiger charge is -2.25. The van der Waals surface area contributed by atoms with Crippen LogP contribution in [0.25, 0.3) is 0 Å². The summed E-state index contributed by atoms with van der Waals surface area (Å²) in [5, 5.41) is 11.0. The Hall–Kier alpha value is -3.67. The summed E-state index contributed by atoms with van der Waals surface area (Å²) in [6.07, 6.45) is 0. The Morgan fingerprint density at radius 2 is 1.64 bits per heavy atom. The molecule has 1 atom stereocenters. The molecule has 6 nitrogen and oxygen atoms in total. The third-order valence-corrected chi connectivity index (χ3v) is 4.52. The molecule has 0 aromatic heterocycles. The van der Waals surface area contributed by atoms with Crippen LogP contribution in [-0.2, 0) is 0 Å². The molecule has 0 spiro atoms. The van der Waals surface area contributed by atoms with Gasteiger partial charge in [-0.3, -0.25) is 14.9 Å². The lowest BCUT2D eigenvalue weighted by atomic mass is 10.1. The molecular formula is C22H20N2O4. The third-order valence-electron chi connectivity index (χ3n) is 4.52. The Labute approximate surface area is 163 Å². The summed E-state index contributed by atoms with van der Waals surface area (Å²) in [7, 11) is 1.68. The van der Waals surface area contributed by atoms with E-state index in [1.807, 2.05) is 37.3 Å². The van der Waals surface area contributed by atoms with Crippen LogP contribution in [-0.4, -0.2) is 22.8 Å². The number of benzene rings is 3. The maximum atomic E-state index is 12.9. The first-order valence-electron chi connectivity index (χ1n) is 8.80. The number of amides is 1. The van der Waals surface area contributed by atoms with Crippen molar-refractivity contribution in [2.45, 2.75) is 13.0 Å². The van der Waals surface area contributed by atoms with Gasteiger partial charge in [0.1, 0.15) is 11.5 Å². The second-order valence-electron chi connectivity index (χ2n) is 6.39. The minimum Gasteiger partial charge on any atom is -0.457 e. The molecule has 0 bridgehead atoms. The molecule has 0 saturated heterocycles. The Kier molecular flexibility index (Phi) is 5.69. The fourth-order valence-electron chi connectivity index (χ4n) is 2.82. The number of carbonyl (C=O) groups is 1. The van der Waals surface area contributed by atoms with Gasteiger partial charge in [0.25, 0.3) is 11.6 Å². The highest BCUT2D eigenvalue weighted by Gasteiger charge is 2.21. The Bertz CT molecular complexity index is 989. The maximum Gasteiger partial charge on any atom is 0.269 e. The number of nitrogens with zero attached hydrogens (tertiary/aromatic N) is 2. The van der Waals surface area contributed by atoms with Crippen molar-refractivity contribution in [2.75, 3.05) is 7.05 Å². The van der Waals surface area contributed by atoms with Crippen molar-refractivity contribution < 1.29 is 14.5 Å². The molecule has 0 N–H and O–H groups in total. The van der Waals surface area contributed by atoms with Gasteiger partial charge in [-0.05, 0) is 42.8 Å². The average Bonchev–Trinajstić information content (AvgIpc) is 2.73. The van der Waals surface area contributed by atoms with Gasteiger partial charge >= 0.3 is 0 Å². The molecule has 0 aliphatic rings. The largest absolute Gasteiger partial charge is 0.457 e. The SMILES string of the molecule is C[C@H](c1cccc([N+](=O)[O-])c1)N(C)C(=O)c1cccc(Oc2ccccc2)c1. The van der Waals surface area contributed by atoms with Crippen molar-refractivity contribution >= 4 is 11.6 Å². The topological polar surface area (TPSA) is 72.7 Å². The van der Waals surface area contributed by atoms with Crippen LogP contribution >= 0.6 is 0 Å². The maximum absolute atomic E-state index is 12.9. The van der Waals surface area contributed by atoms with E-state index in [0.717, 1.165) is 0 Å². The predicted octanol–water partition coefficient (Wildman–Crippen LogP) is 5.22. The lowest BCUT2D eigenvalue weighted by molar-refractivity contribution is -0.384. The second kappa shape index (κ2) is 8.35. The zero-order valence-corrected chi connectivity index (χ0v) is 15.6. The van der Waals surface area contributed by atoms with E-state index in [4.69, 9.17) is 4.74 Å². The molecule has 0 heterocycles. The van der Waals surface area contributed by atoms with E-state index >= 15 is 0 Å². The zero-order valence-electron chi connectivity index (χ0n) is 15.6. The molecule has 0 radical (unpaired) electrons. The summed E-state index contributed by atoms with van der Waals surface area (Å²) >= 11 is 0. The van der Waals surface area contributed by atoms with Crippen LogP contribution in [0.1, 0.15) is 28.9 Å².